The van der Waals surface area contributed by atoms with Crippen LogP contribution in [0.2, 0.25) is 0 Å². The third-order valence-corrected chi connectivity index (χ3v) is 4.47. The summed E-state index contributed by atoms with van der Waals surface area (Å²) in [5.74, 6) is 0. The Balaban J connectivity index is 1.26. The van der Waals surface area contributed by atoms with E-state index in [0.29, 0.717) is 12.1 Å². The molecule has 2 unspecified atom stereocenters. The van der Waals surface area contributed by atoms with Gasteiger partial charge in [0.2, 0.25) is 0 Å². The summed E-state index contributed by atoms with van der Waals surface area (Å²) in [6.45, 7) is 4.85. The molecule has 20 heavy (non-hydrogen) atoms. The predicted octanol–water partition coefficient (Wildman–Crippen LogP) is 3.10. The quantitative estimate of drug-likeness (QED) is 0.765. The molecule has 2 saturated heterocycles. The molecule has 4 rings (SSSR count). The molecule has 0 aliphatic carbocycles. The Labute approximate surface area is 120 Å². The van der Waals surface area contributed by atoms with Gasteiger partial charge in [-0.05, 0) is 11.1 Å². The SMILES string of the molecule is c1ccc([C@H]2CN2CCN2C[C@@H]2c2ccccc2)cc1. The second-order valence-corrected chi connectivity index (χ2v) is 5.84. The van der Waals surface area contributed by atoms with Crippen LogP contribution in [0.1, 0.15) is 23.2 Å². The summed E-state index contributed by atoms with van der Waals surface area (Å²) in [6, 6.07) is 23.1. The van der Waals surface area contributed by atoms with Crippen LogP contribution in [0, 0.1) is 0 Å². The Hall–Kier alpha value is -1.64. The molecule has 2 nitrogen and oxygen atoms in total. The van der Waals surface area contributed by atoms with Gasteiger partial charge in [0.05, 0.1) is 0 Å². The second kappa shape index (κ2) is 5.04. The van der Waals surface area contributed by atoms with Crippen LogP contribution in [0.15, 0.2) is 60.7 Å². The minimum absolute atomic E-state index is 0.673. The van der Waals surface area contributed by atoms with E-state index in [1.807, 2.05) is 0 Å². The molecule has 2 heteroatoms. The topological polar surface area (TPSA) is 6.02 Å². The normalized spacial score (nSPS) is 31.0. The monoisotopic (exact) mass is 264 g/mol. The molecular weight excluding hydrogens is 244 g/mol. The molecule has 0 amide bonds. The van der Waals surface area contributed by atoms with Crippen molar-refractivity contribution in [3.63, 3.8) is 0 Å². The Morgan fingerprint density at radius 3 is 1.45 bits per heavy atom. The molecule has 0 saturated carbocycles. The van der Waals surface area contributed by atoms with Crippen LogP contribution in [0.5, 0.6) is 0 Å². The molecule has 2 aromatic carbocycles. The predicted molar refractivity (Wildman–Crippen MR) is 81.5 cm³/mol. The van der Waals surface area contributed by atoms with E-state index in [1.54, 1.807) is 0 Å². The van der Waals surface area contributed by atoms with Crippen LogP contribution in [0.3, 0.4) is 0 Å². The minimum Gasteiger partial charge on any atom is -0.292 e. The van der Waals surface area contributed by atoms with Crippen molar-refractivity contribution in [2.45, 2.75) is 12.1 Å². The lowest BCUT2D eigenvalue weighted by molar-refractivity contribution is 0.420. The van der Waals surface area contributed by atoms with Crippen LogP contribution in [-0.4, -0.2) is 36.0 Å². The summed E-state index contributed by atoms with van der Waals surface area (Å²) in [5.41, 5.74) is 2.94. The highest BCUT2D eigenvalue weighted by molar-refractivity contribution is 5.25. The summed E-state index contributed by atoms with van der Waals surface area (Å²) in [4.78, 5) is 5.13. The van der Waals surface area contributed by atoms with Gasteiger partial charge in [-0.15, -0.1) is 0 Å². The first-order valence-corrected chi connectivity index (χ1v) is 7.50. The average Bonchev–Trinajstić information content (AvgIpc) is 3.41. The lowest BCUT2D eigenvalue weighted by atomic mass is 10.2. The average molecular weight is 264 g/mol. The van der Waals surface area contributed by atoms with Crippen molar-refractivity contribution < 1.29 is 0 Å². The molecular formula is C18H20N2. The zero-order chi connectivity index (χ0) is 13.4. The molecule has 2 heterocycles. The Bertz CT molecular complexity index is 513. The van der Waals surface area contributed by atoms with Crippen molar-refractivity contribution in [1.82, 2.24) is 9.80 Å². The Morgan fingerprint density at radius 2 is 1.05 bits per heavy atom. The molecule has 4 atom stereocenters. The van der Waals surface area contributed by atoms with Crippen molar-refractivity contribution >= 4 is 0 Å². The van der Waals surface area contributed by atoms with Crippen LogP contribution in [-0.2, 0) is 0 Å². The highest BCUT2D eigenvalue weighted by Gasteiger charge is 2.39. The number of nitrogens with zero attached hydrogens (tertiary/aromatic N) is 2. The molecule has 0 N–H and O–H groups in total. The lowest BCUT2D eigenvalue weighted by Gasteiger charge is -2.06. The van der Waals surface area contributed by atoms with Gasteiger partial charge in [0.25, 0.3) is 0 Å². The maximum atomic E-state index is 2.57. The fraction of sp³-hybridized carbons (Fsp3) is 0.333. The van der Waals surface area contributed by atoms with Crippen molar-refractivity contribution in [3.05, 3.63) is 71.8 Å². The zero-order valence-electron chi connectivity index (χ0n) is 11.7. The lowest BCUT2D eigenvalue weighted by Crippen LogP contribution is -2.13. The third-order valence-electron chi connectivity index (χ3n) is 4.47. The van der Waals surface area contributed by atoms with Crippen molar-refractivity contribution in [2.24, 2.45) is 0 Å². The number of rotatable bonds is 5. The molecule has 0 spiro atoms. The largest absolute Gasteiger partial charge is 0.292 e. The van der Waals surface area contributed by atoms with Gasteiger partial charge in [0.1, 0.15) is 0 Å². The first-order chi connectivity index (χ1) is 9.92. The fourth-order valence-corrected chi connectivity index (χ4v) is 3.08. The van der Waals surface area contributed by atoms with E-state index < -0.39 is 0 Å². The van der Waals surface area contributed by atoms with Gasteiger partial charge in [0, 0.05) is 38.3 Å². The van der Waals surface area contributed by atoms with Crippen LogP contribution >= 0.6 is 0 Å². The van der Waals surface area contributed by atoms with Crippen molar-refractivity contribution in [1.29, 1.82) is 0 Å². The van der Waals surface area contributed by atoms with Gasteiger partial charge in [-0.1, -0.05) is 60.7 Å². The number of benzene rings is 2. The smallest absolute Gasteiger partial charge is 0.0476 e. The van der Waals surface area contributed by atoms with Gasteiger partial charge >= 0.3 is 0 Å². The summed E-state index contributed by atoms with van der Waals surface area (Å²) in [7, 11) is 0. The van der Waals surface area contributed by atoms with Crippen molar-refractivity contribution in [3.8, 4) is 0 Å². The first-order valence-electron chi connectivity index (χ1n) is 7.50. The molecule has 0 aromatic heterocycles. The third kappa shape index (κ3) is 2.49. The van der Waals surface area contributed by atoms with E-state index in [-0.39, 0.29) is 0 Å². The molecule has 2 aromatic rings. The molecule has 102 valence electrons. The minimum atomic E-state index is 0.673. The molecule has 2 aliphatic heterocycles. The van der Waals surface area contributed by atoms with E-state index in [0.717, 1.165) is 0 Å². The highest BCUT2D eigenvalue weighted by Crippen LogP contribution is 2.37. The van der Waals surface area contributed by atoms with Gasteiger partial charge in [-0.25, -0.2) is 0 Å². The van der Waals surface area contributed by atoms with Gasteiger partial charge < -0.3 is 0 Å². The first kappa shape index (κ1) is 12.1. The van der Waals surface area contributed by atoms with E-state index in [2.05, 4.69) is 70.5 Å². The summed E-state index contributed by atoms with van der Waals surface area (Å²) in [6.07, 6.45) is 0. The van der Waals surface area contributed by atoms with Gasteiger partial charge in [-0.3, -0.25) is 9.80 Å². The molecule has 0 bridgehead atoms. The summed E-state index contributed by atoms with van der Waals surface area (Å²) < 4.78 is 0. The van der Waals surface area contributed by atoms with Crippen molar-refractivity contribution in [2.75, 3.05) is 26.2 Å². The Morgan fingerprint density at radius 1 is 0.650 bits per heavy atom. The zero-order valence-corrected chi connectivity index (χ0v) is 11.7. The summed E-state index contributed by atoms with van der Waals surface area (Å²) >= 11 is 0. The second-order valence-electron chi connectivity index (χ2n) is 5.84. The van der Waals surface area contributed by atoms with E-state index in [9.17, 15) is 0 Å². The Kier molecular flexibility index (Phi) is 3.06. The molecule has 2 fully saturated rings. The van der Waals surface area contributed by atoms with Gasteiger partial charge in [-0.2, -0.15) is 0 Å². The molecule has 2 aliphatic rings. The summed E-state index contributed by atoms with van der Waals surface area (Å²) in [5, 5.41) is 0. The van der Waals surface area contributed by atoms with Crippen LogP contribution < -0.4 is 0 Å². The molecule has 0 radical (unpaired) electrons. The fourth-order valence-electron chi connectivity index (χ4n) is 3.08. The maximum absolute atomic E-state index is 2.57. The maximum Gasteiger partial charge on any atom is 0.0476 e. The highest BCUT2D eigenvalue weighted by atomic mass is 15.4. The van der Waals surface area contributed by atoms with Crippen LogP contribution in [0.4, 0.5) is 0 Å². The van der Waals surface area contributed by atoms with E-state index in [1.165, 1.54) is 37.3 Å². The number of hydrogen-bond donors (Lipinski definition) is 0. The van der Waals surface area contributed by atoms with E-state index >= 15 is 0 Å². The standard InChI is InChI=1S/C18H20N2/c1-3-7-15(8-4-1)17-13-19(17)11-12-20-14-18(20)16-9-5-2-6-10-16/h1-10,17-18H,11-14H2/t17-,18-,19?,20?/m1/s1. The van der Waals surface area contributed by atoms with E-state index in [4.69, 9.17) is 0 Å². The number of hydrogen-bond acceptors (Lipinski definition) is 2. The van der Waals surface area contributed by atoms with Gasteiger partial charge in [0.15, 0.2) is 0 Å². The van der Waals surface area contributed by atoms with Crippen LogP contribution in [0.25, 0.3) is 0 Å².